The van der Waals surface area contributed by atoms with E-state index in [2.05, 4.69) is 0 Å². The molecule has 0 fully saturated rings. The number of hydrogen-bond donors (Lipinski definition) is 1. The first-order valence-electron chi connectivity index (χ1n) is 1.97. The van der Waals surface area contributed by atoms with Crippen LogP contribution >= 0.6 is 0 Å². The third-order valence-electron chi connectivity index (χ3n) is 0.548. The Morgan fingerprint density at radius 2 is 1.80 bits per heavy atom. The first kappa shape index (κ1) is 8.73. The standard InChI is InChI=1S/C3H2F3NO3/c4-1(5)2(8)7(6)3(9)10/h1H,(H,9,10). The number of hydrogen-bond acceptors (Lipinski definition) is 2. The molecule has 0 aliphatic rings. The fourth-order valence-corrected chi connectivity index (χ4v) is 0.180. The van der Waals surface area contributed by atoms with Gasteiger partial charge in [0, 0.05) is 0 Å². The van der Waals surface area contributed by atoms with Crippen LogP contribution in [0.3, 0.4) is 0 Å². The Balaban J connectivity index is 4.08. The van der Waals surface area contributed by atoms with E-state index in [1.54, 1.807) is 0 Å². The van der Waals surface area contributed by atoms with Crippen molar-refractivity contribution in [1.29, 1.82) is 0 Å². The van der Waals surface area contributed by atoms with Gasteiger partial charge < -0.3 is 5.11 Å². The molecular weight excluding hydrogens is 155 g/mol. The van der Waals surface area contributed by atoms with Gasteiger partial charge in [0.25, 0.3) is 0 Å². The second-order valence-electron chi connectivity index (χ2n) is 1.20. The summed E-state index contributed by atoms with van der Waals surface area (Å²) in [6.07, 6.45) is -5.99. The Labute approximate surface area is 52.8 Å². The number of alkyl halides is 2. The molecule has 0 saturated carbocycles. The lowest BCUT2D eigenvalue weighted by molar-refractivity contribution is -0.153. The molecule has 7 heteroatoms. The van der Waals surface area contributed by atoms with Crippen LogP contribution < -0.4 is 0 Å². The van der Waals surface area contributed by atoms with Gasteiger partial charge in [0.05, 0.1) is 0 Å². The molecule has 1 N–H and O–H groups in total. The van der Waals surface area contributed by atoms with E-state index in [9.17, 15) is 22.9 Å². The first-order chi connectivity index (χ1) is 4.46. The van der Waals surface area contributed by atoms with Gasteiger partial charge in [-0.3, -0.25) is 4.79 Å². The summed E-state index contributed by atoms with van der Waals surface area (Å²) in [4.78, 5) is 19.1. The van der Waals surface area contributed by atoms with Crippen molar-refractivity contribution in [1.82, 2.24) is 5.12 Å². The van der Waals surface area contributed by atoms with Gasteiger partial charge in [0.1, 0.15) is 0 Å². The number of halogens is 3. The Kier molecular flexibility index (Phi) is 2.65. The van der Waals surface area contributed by atoms with Crippen LogP contribution in [-0.2, 0) is 4.79 Å². The molecule has 0 aromatic carbocycles. The van der Waals surface area contributed by atoms with Gasteiger partial charge in [-0.05, 0) is 0 Å². The van der Waals surface area contributed by atoms with E-state index in [0.717, 1.165) is 0 Å². The fourth-order valence-electron chi connectivity index (χ4n) is 0.180. The molecule has 0 aliphatic carbocycles. The van der Waals surface area contributed by atoms with Crippen LogP contribution in [0.25, 0.3) is 0 Å². The highest BCUT2D eigenvalue weighted by molar-refractivity contribution is 5.91. The largest absolute Gasteiger partial charge is 0.463 e. The fraction of sp³-hybridized carbons (Fsp3) is 0.333. The number of carbonyl (C=O) groups is 2. The summed E-state index contributed by atoms with van der Waals surface area (Å²) < 4.78 is 33.9. The number of nitrogens with zero attached hydrogens (tertiary/aromatic N) is 1. The van der Waals surface area contributed by atoms with Gasteiger partial charge >= 0.3 is 18.4 Å². The number of imide groups is 1. The molecule has 0 atom stereocenters. The van der Waals surface area contributed by atoms with Crippen molar-refractivity contribution in [2.24, 2.45) is 0 Å². The summed E-state index contributed by atoms with van der Waals surface area (Å²) >= 11 is 0. The minimum Gasteiger partial charge on any atom is -0.463 e. The maximum Gasteiger partial charge on any atom is 0.443 e. The van der Waals surface area contributed by atoms with Gasteiger partial charge in [0.2, 0.25) is 0 Å². The Morgan fingerprint density at radius 3 is 1.90 bits per heavy atom. The van der Waals surface area contributed by atoms with Crippen LogP contribution in [0.4, 0.5) is 18.1 Å². The number of amides is 2. The molecule has 0 heterocycles. The molecule has 0 aromatic rings. The molecular formula is C3H2F3NO3. The van der Waals surface area contributed by atoms with Crippen molar-refractivity contribution in [3.63, 3.8) is 0 Å². The van der Waals surface area contributed by atoms with Crippen molar-refractivity contribution < 1.29 is 28.0 Å². The summed E-state index contributed by atoms with van der Waals surface area (Å²) in [6, 6.07) is 0. The van der Waals surface area contributed by atoms with Crippen LogP contribution in [0.2, 0.25) is 0 Å². The minimum atomic E-state index is -3.64. The van der Waals surface area contributed by atoms with Crippen LogP contribution in [-0.4, -0.2) is 28.7 Å². The monoisotopic (exact) mass is 157 g/mol. The topological polar surface area (TPSA) is 57.6 Å². The average molecular weight is 157 g/mol. The zero-order chi connectivity index (χ0) is 8.31. The van der Waals surface area contributed by atoms with Crippen molar-refractivity contribution in [3.05, 3.63) is 0 Å². The van der Waals surface area contributed by atoms with Gasteiger partial charge in [-0.25, -0.2) is 4.79 Å². The Bertz CT molecular complexity index is 159. The molecule has 4 nitrogen and oxygen atoms in total. The van der Waals surface area contributed by atoms with Gasteiger partial charge in [-0.15, -0.1) is 0 Å². The van der Waals surface area contributed by atoms with E-state index in [-0.39, 0.29) is 0 Å². The molecule has 0 rings (SSSR count). The quantitative estimate of drug-likeness (QED) is 0.568. The zero-order valence-electron chi connectivity index (χ0n) is 4.42. The van der Waals surface area contributed by atoms with E-state index in [1.165, 1.54) is 0 Å². The third kappa shape index (κ3) is 1.92. The molecule has 58 valence electrons. The molecule has 0 aliphatic heterocycles. The number of carboxylic acid groups (broad SMARTS) is 1. The molecule has 0 bridgehead atoms. The summed E-state index contributed by atoms with van der Waals surface area (Å²) in [5.41, 5.74) is 0. The van der Waals surface area contributed by atoms with Crippen LogP contribution in [0.1, 0.15) is 0 Å². The highest BCUT2D eigenvalue weighted by atomic mass is 19.3. The normalized spacial score (nSPS) is 9.60. The molecule has 0 spiro atoms. The summed E-state index contributed by atoms with van der Waals surface area (Å²) in [6.45, 7) is 0. The molecule has 10 heavy (non-hydrogen) atoms. The van der Waals surface area contributed by atoms with Crippen LogP contribution in [0, 0.1) is 0 Å². The highest BCUT2D eigenvalue weighted by Gasteiger charge is 2.28. The van der Waals surface area contributed by atoms with E-state index in [4.69, 9.17) is 5.11 Å². The van der Waals surface area contributed by atoms with E-state index in [1.807, 2.05) is 0 Å². The third-order valence-corrected chi connectivity index (χ3v) is 0.548. The van der Waals surface area contributed by atoms with Crippen molar-refractivity contribution in [2.45, 2.75) is 6.43 Å². The molecule has 0 unspecified atom stereocenters. The van der Waals surface area contributed by atoms with Gasteiger partial charge in [-0.1, -0.05) is 9.60 Å². The lowest BCUT2D eigenvalue weighted by atomic mass is 10.6. The maximum atomic E-state index is 11.6. The van der Waals surface area contributed by atoms with E-state index < -0.39 is 23.5 Å². The van der Waals surface area contributed by atoms with Gasteiger partial charge in [0.15, 0.2) is 0 Å². The zero-order valence-corrected chi connectivity index (χ0v) is 4.42. The summed E-state index contributed by atoms with van der Waals surface area (Å²) in [5, 5.41) is 6.03. The molecule has 0 saturated heterocycles. The lowest BCUT2D eigenvalue weighted by Crippen LogP contribution is -2.32. The number of rotatable bonds is 1. The highest BCUT2D eigenvalue weighted by Crippen LogP contribution is 2.00. The Morgan fingerprint density at radius 1 is 1.40 bits per heavy atom. The predicted molar refractivity (Wildman–Crippen MR) is 22.0 cm³/mol. The van der Waals surface area contributed by atoms with Crippen LogP contribution in [0.5, 0.6) is 0 Å². The smallest absolute Gasteiger partial charge is 0.443 e. The van der Waals surface area contributed by atoms with Crippen molar-refractivity contribution >= 4 is 12.0 Å². The van der Waals surface area contributed by atoms with E-state index in [0.29, 0.717) is 0 Å². The van der Waals surface area contributed by atoms with Crippen molar-refractivity contribution in [3.8, 4) is 0 Å². The molecule has 0 radical (unpaired) electrons. The summed E-state index contributed by atoms with van der Waals surface area (Å²) in [5.74, 6) is -2.38. The first-order valence-corrected chi connectivity index (χ1v) is 1.97. The van der Waals surface area contributed by atoms with Crippen LogP contribution in [0.15, 0.2) is 0 Å². The lowest BCUT2D eigenvalue weighted by Gasteiger charge is -2.02. The summed E-state index contributed by atoms with van der Waals surface area (Å²) in [7, 11) is 0. The van der Waals surface area contributed by atoms with Crippen molar-refractivity contribution in [2.75, 3.05) is 0 Å². The second kappa shape index (κ2) is 3.04. The minimum absolute atomic E-state index is 1.56. The van der Waals surface area contributed by atoms with E-state index >= 15 is 0 Å². The SMILES string of the molecule is O=C(O)N(F)C(=O)C(F)F. The molecule has 0 aromatic heterocycles. The number of carbonyl (C=O) groups excluding carboxylic acids is 1. The molecule has 2 amide bonds. The predicted octanol–water partition coefficient (Wildman–Crippen LogP) is 0.643. The van der Waals surface area contributed by atoms with Gasteiger partial charge in [-0.2, -0.15) is 8.78 Å². The Hall–Kier alpha value is -1.27. The average Bonchev–Trinajstić information content (AvgIpc) is 1.84. The second-order valence-corrected chi connectivity index (χ2v) is 1.20. The maximum absolute atomic E-state index is 11.6.